The van der Waals surface area contributed by atoms with E-state index in [-0.39, 0.29) is 19.0 Å². The van der Waals surface area contributed by atoms with Crippen LogP contribution in [0.1, 0.15) is 49.2 Å². The van der Waals surface area contributed by atoms with E-state index in [0.29, 0.717) is 35.8 Å². The number of carbonyl (C=O) groups excluding carboxylic acids is 1. The molecule has 1 amide bonds. The zero-order valence-corrected chi connectivity index (χ0v) is 21.9. The van der Waals surface area contributed by atoms with Crippen molar-refractivity contribution in [2.24, 2.45) is 0 Å². The second-order valence-corrected chi connectivity index (χ2v) is 11.4. The summed E-state index contributed by atoms with van der Waals surface area (Å²) in [4.78, 5) is 17.1. The quantitative estimate of drug-likeness (QED) is 0.523. The number of amides is 1. The molecule has 0 saturated carbocycles. The normalized spacial score (nSPS) is 15.7. The van der Waals surface area contributed by atoms with Gasteiger partial charge in [0.2, 0.25) is 10.0 Å². The summed E-state index contributed by atoms with van der Waals surface area (Å²) >= 11 is 5.87. The van der Waals surface area contributed by atoms with Gasteiger partial charge in [0.1, 0.15) is 0 Å². The molecule has 8 heteroatoms. The molecule has 1 aliphatic rings. The van der Waals surface area contributed by atoms with Gasteiger partial charge in [0.25, 0.3) is 5.91 Å². The number of piperazine rings is 1. The molecular weight excluding hydrogens is 470 g/mol. The Morgan fingerprint density at radius 3 is 2.03 bits per heavy atom. The molecule has 184 valence electrons. The van der Waals surface area contributed by atoms with Crippen LogP contribution in [0.3, 0.4) is 0 Å². The van der Waals surface area contributed by atoms with E-state index >= 15 is 0 Å². The Morgan fingerprint density at radius 2 is 1.50 bits per heavy atom. The van der Waals surface area contributed by atoms with Gasteiger partial charge in [-0.2, -0.15) is 4.31 Å². The van der Waals surface area contributed by atoms with E-state index < -0.39 is 10.0 Å². The van der Waals surface area contributed by atoms with Crippen LogP contribution < -0.4 is 0 Å². The third kappa shape index (κ3) is 6.92. The first-order chi connectivity index (χ1) is 16.1. The fourth-order valence-electron chi connectivity index (χ4n) is 4.08. The zero-order valence-electron chi connectivity index (χ0n) is 20.3. The standard InChI is InChI=1S/C26H34ClN3O3S/c1-20(2)30(21(3)4)19-23-5-9-24(10-6-23)26(31)28-14-16-29(17-15-28)34(32,33)18-13-22-7-11-25(27)12-8-22/h5-13,18,20-21H,14-17,19H2,1-4H3/b18-13+. The smallest absolute Gasteiger partial charge is 0.253 e. The van der Waals surface area contributed by atoms with Crippen molar-refractivity contribution in [3.05, 3.63) is 75.7 Å². The molecule has 2 aromatic rings. The molecule has 0 aromatic heterocycles. The molecule has 0 aliphatic carbocycles. The van der Waals surface area contributed by atoms with E-state index in [1.165, 1.54) is 15.3 Å². The second kappa shape index (κ2) is 11.5. The first-order valence-corrected chi connectivity index (χ1v) is 13.5. The molecule has 1 heterocycles. The Kier molecular flexibility index (Phi) is 8.93. The number of hydrogen-bond acceptors (Lipinski definition) is 4. The Morgan fingerprint density at radius 1 is 0.941 bits per heavy atom. The van der Waals surface area contributed by atoms with Gasteiger partial charge in [0.15, 0.2) is 0 Å². The van der Waals surface area contributed by atoms with Crippen LogP contribution in [0.2, 0.25) is 5.02 Å². The van der Waals surface area contributed by atoms with Crippen molar-refractivity contribution in [3.63, 3.8) is 0 Å². The Labute approximate surface area is 208 Å². The largest absolute Gasteiger partial charge is 0.336 e. The monoisotopic (exact) mass is 503 g/mol. The lowest BCUT2D eigenvalue weighted by atomic mass is 10.1. The summed E-state index contributed by atoms with van der Waals surface area (Å²) in [6.07, 6.45) is 1.56. The first-order valence-electron chi connectivity index (χ1n) is 11.6. The number of benzene rings is 2. The van der Waals surface area contributed by atoms with Crippen LogP contribution in [-0.2, 0) is 16.6 Å². The molecule has 0 atom stereocenters. The van der Waals surface area contributed by atoms with Gasteiger partial charge in [-0.05, 0) is 69.2 Å². The Balaban J connectivity index is 1.57. The Bertz CT molecular complexity index is 1080. The van der Waals surface area contributed by atoms with Crippen molar-refractivity contribution >= 4 is 33.6 Å². The number of carbonyl (C=O) groups is 1. The molecule has 0 unspecified atom stereocenters. The lowest BCUT2D eigenvalue weighted by molar-refractivity contribution is 0.0698. The fourth-order valence-corrected chi connectivity index (χ4v) is 5.38. The minimum atomic E-state index is -3.56. The summed E-state index contributed by atoms with van der Waals surface area (Å²) < 4.78 is 26.8. The molecular formula is C26H34ClN3O3S. The topological polar surface area (TPSA) is 60.9 Å². The van der Waals surface area contributed by atoms with Crippen molar-refractivity contribution in [2.75, 3.05) is 26.2 Å². The highest BCUT2D eigenvalue weighted by Gasteiger charge is 2.28. The maximum absolute atomic E-state index is 13.0. The molecule has 3 rings (SSSR count). The highest BCUT2D eigenvalue weighted by atomic mass is 35.5. The summed E-state index contributed by atoms with van der Waals surface area (Å²) in [5, 5.41) is 1.81. The zero-order chi connectivity index (χ0) is 24.9. The van der Waals surface area contributed by atoms with Crippen LogP contribution in [0.5, 0.6) is 0 Å². The average Bonchev–Trinajstić information content (AvgIpc) is 2.82. The van der Waals surface area contributed by atoms with Crippen molar-refractivity contribution in [3.8, 4) is 0 Å². The van der Waals surface area contributed by atoms with Crippen LogP contribution in [-0.4, -0.2) is 66.7 Å². The maximum Gasteiger partial charge on any atom is 0.253 e. The molecule has 6 nitrogen and oxygen atoms in total. The Hall–Kier alpha value is -2.19. The molecule has 0 radical (unpaired) electrons. The van der Waals surface area contributed by atoms with Gasteiger partial charge >= 0.3 is 0 Å². The molecule has 1 aliphatic heterocycles. The highest BCUT2D eigenvalue weighted by molar-refractivity contribution is 7.92. The summed E-state index contributed by atoms with van der Waals surface area (Å²) in [5.74, 6) is -0.0649. The van der Waals surface area contributed by atoms with Gasteiger partial charge in [-0.3, -0.25) is 9.69 Å². The van der Waals surface area contributed by atoms with Gasteiger partial charge in [-0.1, -0.05) is 35.9 Å². The molecule has 0 spiro atoms. The predicted molar refractivity (Wildman–Crippen MR) is 139 cm³/mol. The van der Waals surface area contributed by atoms with Crippen molar-refractivity contribution in [1.29, 1.82) is 0 Å². The minimum absolute atomic E-state index is 0.0649. The van der Waals surface area contributed by atoms with Crippen molar-refractivity contribution < 1.29 is 13.2 Å². The van der Waals surface area contributed by atoms with Gasteiger partial charge in [-0.25, -0.2) is 8.42 Å². The number of hydrogen-bond donors (Lipinski definition) is 0. The molecule has 0 N–H and O–H groups in total. The lowest BCUT2D eigenvalue weighted by Crippen LogP contribution is -2.50. The summed E-state index contributed by atoms with van der Waals surface area (Å²) in [5.41, 5.74) is 2.56. The highest BCUT2D eigenvalue weighted by Crippen LogP contribution is 2.17. The van der Waals surface area contributed by atoms with E-state index in [0.717, 1.165) is 12.1 Å². The number of nitrogens with zero attached hydrogens (tertiary/aromatic N) is 3. The van der Waals surface area contributed by atoms with E-state index in [2.05, 4.69) is 32.6 Å². The number of sulfonamides is 1. The SMILES string of the molecule is CC(C)N(Cc1ccc(C(=O)N2CCN(S(=O)(=O)/C=C/c3ccc(Cl)cc3)CC2)cc1)C(C)C. The van der Waals surface area contributed by atoms with Crippen LogP contribution in [0, 0.1) is 0 Å². The first kappa shape index (κ1) is 26.4. The molecule has 2 aromatic carbocycles. The molecule has 0 bridgehead atoms. The van der Waals surface area contributed by atoms with E-state index in [9.17, 15) is 13.2 Å². The van der Waals surface area contributed by atoms with Gasteiger partial charge in [0, 0.05) is 60.8 Å². The van der Waals surface area contributed by atoms with Crippen molar-refractivity contribution in [1.82, 2.24) is 14.1 Å². The van der Waals surface area contributed by atoms with Crippen LogP contribution in [0.25, 0.3) is 6.08 Å². The summed E-state index contributed by atoms with van der Waals surface area (Å²) in [6.45, 7) is 10.9. The van der Waals surface area contributed by atoms with E-state index in [1.807, 2.05) is 24.3 Å². The minimum Gasteiger partial charge on any atom is -0.336 e. The van der Waals surface area contributed by atoms with Crippen LogP contribution >= 0.6 is 11.6 Å². The third-order valence-corrected chi connectivity index (χ3v) is 7.90. The van der Waals surface area contributed by atoms with E-state index in [4.69, 9.17) is 11.6 Å². The second-order valence-electron chi connectivity index (χ2n) is 9.15. The lowest BCUT2D eigenvalue weighted by Gasteiger charge is -2.33. The fraction of sp³-hybridized carbons (Fsp3) is 0.423. The van der Waals surface area contributed by atoms with E-state index in [1.54, 1.807) is 35.2 Å². The average molecular weight is 504 g/mol. The predicted octanol–water partition coefficient (Wildman–Crippen LogP) is 4.72. The van der Waals surface area contributed by atoms with Crippen molar-refractivity contribution in [2.45, 2.75) is 46.3 Å². The molecule has 1 saturated heterocycles. The summed E-state index contributed by atoms with van der Waals surface area (Å²) in [6, 6.07) is 15.6. The maximum atomic E-state index is 13.0. The molecule has 1 fully saturated rings. The van der Waals surface area contributed by atoms with Gasteiger partial charge in [-0.15, -0.1) is 0 Å². The van der Waals surface area contributed by atoms with Crippen LogP contribution in [0.15, 0.2) is 53.9 Å². The van der Waals surface area contributed by atoms with Gasteiger partial charge in [0.05, 0.1) is 0 Å². The number of rotatable bonds is 8. The molecule has 34 heavy (non-hydrogen) atoms. The van der Waals surface area contributed by atoms with Gasteiger partial charge < -0.3 is 4.90 Å². The number of halogens is 1. The summed E-state index contributed by atoms with van der Waals surface area (Å²) in [7, 11) is -3.56. The third-order valence-electron chi connectivity index (χ3n) is 6.08. The van der Waals surface area contributed by atoms with Crippen LogP contribution in [0.4, 0.5) is 0 Å².